The molecule has 0 radical (unpaired) electrons. The number of aliphatic hydroxyl groups is 1. The highest BCUT2D eigenvalue weighted by molar-refractivity contribution is 6.31. The lowest BCUT2D eigenvalue weighted by Gasteiger charge is -2.24. The fourth-order valence-corrected chi connectivity index (χ4v) is 2.08. The van der Waals surface area contributed by atoms with Gasteiger partial charge in [0.2, 0.25) is 0 Å². The summed E-state index contributed by atoms with van der Waals surface area (Å²) in [5.74, 6) is -0.527. The minimum Gasteiger partial charge on any atom is -0.396 e. The molecule has 0 saturated carbocycles. The molecule has 0 aliphatic carbocycles. The zero-order chi connectivity index (χ0) is 16.0. The lowest BCUT2D eigenvalue weighted by atomic mass is 9.88. The monoisotopic (exact) mass is 314 g/mol. The first-order valence-electron chi connectivity index (χ1n) is 6.60. The molecule has 0 aliphatic rings. The third-order valence-corrected chi connectivity index (χ3v) is 3.37. The molecule has 0 bridgehead atoms. The number of rotatable bonds is 7. The normalized spacial score (nSPS) is 11.2. The van der Waals surface area contributed by atoms with Crippen LogP contribution < -0.4 is 5.32 Å². The van der Waals surface area contributed by atoms with E-state index < -0.39 is 10.8 Å². The Hall–Kier alpha value is -1.66. The second-order valence-electron chi connectivity index (χ2n) is 5.59. The predicted molar refractivity (Wildman–Crippen MR) is 80.5 cm³/mol. The van der Waals surface area contributed by atoms with Crippen LogP contribution in [0.3, 0.4) is 0 Å². The van der Waals surface area contributed by atoms with Crippen LogP contribution in [0.15, 0.2) is 18.2 Å². The second-order valence-corrected chi connectivity index (χ2v) is 6.03. The number of hydrogen-bond donors (Lipinski definition) is 2. The van der Waals surface area contributed by atoms with Gasteiger partial charge >= 0.3 is 0 Å². The van der Waals surface area contributed by atoms with Gasteiger partial charge in [0.15, 0.2) is 0 Å². The van der Waals surface area contributed by atoms with Crippen LogP contribution in [0, 0.1) is 15.5 Å². The lowest BCUT2D eigenvalue weighted by Crippen LogP contribution is -2.34. The molecule has 116 valence electrons. The fraction of sp³-hybridized carbons (Fsp3) is 0.500. The molecule has 21 heavy (non-hydrogen) atoms. The summed E-state index contributed by atoms with van der Waals surface area (Å²) in [6.45, 7) is 4.36. The van der Waals surface area contributed by atoms with E-state index in [0.717, 1.165) is 6.42 Å². The molecule has 1 aromatic rings. The van der Waals surface area contributed by atoms with Crippen molar-refractivity contribution in [3.8, 4) is 0 Å². The molecule has 0 fully saturated rings. The predicted octanol–water partition coefficient (Wildman–Crippen LogP) is 2.78. The van der Waals surface area contributed by atoms with E-state index in [1.54, 1.807) is 0 Å². The number of amides is 1. The van der Waals surface area contributed by atoms with E-state index in [0.29, 0.717) is 13.0 Å². The zero-order valence-corrected chi connectivity index (χ0v) is 12.8. The van der Waals surface area contributed by atoms with Crippen molar-refractivity contribution < 1.29 is 14.8 Å². The van der Waals surface area contributed by atoms with Crippen molar-refractivity contribution in [3.63, 3.8) is 0 Å². The summed E-state index contributed by atoms with van der Waals surface area (Å²) < 4.78 is 0. The number of nitro benzene ring substituents is 1. The van der Waals surface area contributed by atoms with Crippen LogP contribution in [0.4, 0.5) is 5.69 Å². The summed E-state index contributed by atoms with van der Waals surface area (Å²) in [4.78, 5) is 22.4. The van der Waals surface area contributed by atoms with Gasteiger partial charge < -0.3 is 10.4 Å². The number of carbonyl (C=O) groups excluding carboxylic acids is 1. The molecular weight excluding hydrogens is 296 g/mol. The topological polar surface area (TPSA) is 92.5 Å². The van der Waals surface area contributed by atoms with Crippen molar-refractivity contribution in [2.24, 2.45) is 5.41 Å². The van der Waals surface area contributed by atoms with Gasteiger partial charge in [-0.3, -0.25) is 14.9 Å². The third kappa shape index (κ3) is 5.32. The van der Waals surface area contributed by atoms with E-state index in [2.05, 4.69) is 5.32 Å². The summed E-state index contributed by atoms with van der Waals surface area (Å²) in [7, 11) is 0. The van der Waals surface area contributed by atoms with E-state index >= 15 is 0 Å². The summed E-state index contributed by atoms with van der Waals surface area (Å²) in [5.41, 5.74) is -0.526. The summed E-state index contributed by atoms with van der Waals surface area (Å²) in [5, 5.41) is 22.7. The van der Waals surface area contributed by atoms with Crippen molar-refractivity contribution in [2.75, 3.05) is 13.2 Å². The van der Waals surface area contributed by atoms with Crippen LogP contribution in [0.2, 0.25) is 5.02 Å². The highest BCUT2D eigenvalue weighted by Gasteiger charge is 2.23. The molecule has 0 atom stereocenters. The largest absolute Gasteiger partial charge is 0.396 e. The fourth-order valence-electron chi connectivity index (χ4n) is 1.91. The van der Waals surface area contributed by atoms with E-state index in [1.807, 2.05) is 13.8 Å². The molecule has 0 saturated heterocycles. The first-order chi connectivity index (χ1) is 9.76. The van der Waals surface area contributed by atoms with E-state index in [4.69, 9.17) is 16.7 Å². The molecule has 6 nitrogen and oxygen atoms in total. The van der Waals surface area contributed by atoms with Crippen LogP contribution in [0.1, 0.15) is 37.0 Å². The average Bonchev–Trinajstić information content (AvgIpc) is 2.42. The summed E-state index contributed by atoms with van der Waals surface area (Å²) in [6.07, 6.45) is 1.38. The Labute approximate surface area is 128 Å². The van der Waals surface area contributed by atoms with Gasteiger partial charge in [0, 0.05) is 24.2 Å². The van der Waals surface area contributed by atoms with Crippen LogP contribution in [0.5, 0.6) is 0 Å². The number of nitrogens with zero attached hydrogens (tertiary/aromatic N) is 1. The molecule has 1 aromatic carbocycles. The Morgan fingerprint density at radius 2 is 2.14 bits per heavy atom. The van der Waals surface area contributed by atoms with Gasteiger partial charge in [-0.15, -0.1) is 0 Å². The standard InChI is InChI=1S/C14H19ClN2O4/c1-14(2,6-3-7-18)9-16-13(19)11-8-10(15)4-5-12(11)17(20)21/h4-5,8,18H,3,6-7,9H2,1-2H3,(H,16,19). The summed E-state index contributed by atoms with van der Waals surface area (Å²) in [6, 6.07) is 3.88. The van der Waals surface area contributed by atoms with Crippen LogP contribution in [0.25, 0.3) is 0 Å². The van der Waals surface area contributed by atoms with E-state index in [9.17, 15) is 14.9 Å². The molecule has 7 heteroatoms. The van der Waals surface area contributed by atoms with E-state index in [1.165, 1.54) is 18.2 Å². The number of nitrogens with one attached hydrogen (secondary N) is 1. The van der Waals surface area contributed by atoms with Crippen LogP contribution in [-0.2, 0) is 0 Å². The molecule has 0 aliphatic heterocycles. The maximum Gasteiger partial charge on any atom is 0.282 e. The van der Waals surface area contributed by atoms with Gasteiger partial charge in [-0.25, -0.2) is 0 Å². The highest BCUT2D eigenvalue weighted by Crippen LogP contribution is 2.24. The van der Waals surface area contributed by atoms with Crippen molar-refractivity contribution in [1.29, 1.82) is 0 Å². The molecule has 0 unspecified atom stereocenters. The number of hydrogen-bond acceptors (Lipinski definition) is 4. The lowest BCUT2D eigenvalue weighted by molar-refractivity contribution is -0.385. The zero-order valence-electron chi connectivity index (χ0n) is 12.1. The van der Waals surface area contributed by atoms with Gasteiger partial charge in [0.05, 0.1) is 4.92 Å². The van der Waals surface area contributed by atoms with Gasteiger partial charge in [0.25, 0.3) is 11.6 Å². The molecule has 0 heterocycles. The van der Waals surface area contributed by atoms with Gasteiger partial charge in [-0.05, 0) is 30.4 Å². The number of aliphatic hydroxyl groups excluding tert-OH is 1. The second kappa shape index (κ2) is 7.38. The molecule has 2 N–H and O–H groups in total. The summed E-state index contributed by atoms with van der Waals surface area (Å²) >= 11 is 5.79. The van der Waals surface area contributed by atoms with Crippen molar-refractivity contribution in [3.05, 3.63) is 38.9 Å². The van der Waals surface area contributed by atoms with Gasteiger partial charge in [-0.2, -0.15) is 0 Å². The van der Waals surface area contributed by atoms with Gasteiger partial charge in [-0.1, -0.05) is 25.4 Å². The minimum absolute atomic E-state index is 0.0505. The Bertz CT molecular complexity index is 532. The molecular formula is C14H19ClN2O4. The maximum atomic E-state index is 12.1. The molecule has 0 spiro atoms. The molecule has 1 amide bonds. The minimum atomic E-state index is -0.609. The Morgan fingerprint density at radius 3 is 2.71 bits per heavy atom. The first kappa shape index (κ1) is 17.4. The average molecular weight is 315 g/mol. The highest BCUT2D eigenvalue weighted by atomic mass is 35.5. The molecule has 1 rings (SSSR count). The number of benzene rings is 1. The number of nitro groups is 1. The van der Waals surface area contributed by atoms with Gasteiger partial charge in [0.1, 0.15) is 5.56 Å². The van der Waals surface area contributed by atoms with Crippen LogP contribution in [-0.4, -0.2) is 29.1 Å². The Balaban J connectivity index is 2.80. The quantitative estimate of drug-likeness (QED) is 0.598. The Morgan fingerprint density at radius 1 is 1.48 bits per heavy atom. The van der Waals surface area contributed by atoms with E-state index in [-0.39, 0.29) is 28.3 Å². The first-order valence-corrected chi connectivity index (χ1v) is 6.97. The smallest absolute Gasteiger partial charge is 0.282 e. The third-order valence-electron chi connectivity index (χ3n) is 3.14. The van der Waals surface area contributed by atoms with Crippen molar-refractivity contribution in [1.82, 2.24) is 5.32 Å². The number of carbonyl (C=O) groups is 1. The van der Waals surface area contributed by atoms with Crippen molar-refractivity contribution >= 4 is 23.2 Å². The molecule has 0 aromatic heterocycles. The van der Waals surface area contributed by atoms with Crippen molar-refractivity contribution in [2.45, 2.75) is 26.7 Å². The number of halogens is 1. The SMILES string of the molecule is CC(C)(CCCO)CNC(=O)c1cc(Cl)ccc1[N+](=O)[O-]. The van der Waals surface area contributed by atoms with Crippen LogP contribution >= 0.6 is 11.6 Å². The maximum absolute atomic E-state index is 12.1. The Kier molecular flexibility index (Phi) is 6.11.